The van der Waals surface area contributed by atoms with E-state index in [4.69, 9.17) is 9.84 Å². The third-order valence-electron chi connectivity index (χ3n) is 2.88. The molecule has 4 heteroatoms. The van der Waals surface area contributed by atoms with Crippen molar-refractivity contribution < 1.29 is 19.4 Å². The van der Waals surface area contributed by atoms with Crippen LogP contribution in [0.4, 0.5) is 0 Å². The second-order valence-electron chi connectivity index (χ2n) is 5.26. The summed E-state index contributed by atoms with van der Waals surface area (Å²) < 4.78 is 5.29. The van der Waals surface area contributed by atoms with Gasteiger partial charge in [-0.05, 0) is 24.5 Å². The van der Waals surface area contributed by atoms with Crippen LogP contribution >= 0.6 is 0 Å². The molecule has 0 aliphatic rings. The molecule has 1 aromatic rings. The normalized spacial score (nSPS) is 12.9. The van der Waals surface area contributed by atoms with Crippen molar-refractivity contribution in [3.8, 4) is 0 Å². The van der Waals surface area contributed by atoms with Crippen LogP contribution in [0.5, 0.6) is 0 Å². The van der Waals surface area contributed by atoms with Crippen molar-refractivity contribution >= 4 is 11.9 Å². The lowest BCUT2D eigenvalue weighted by molar-refractivity contribution is 0.00451. The van der Waals surface area contributed by atoms with Gasteiger partial charge < -0.3 is 9.84 Å². The Morgan fingerprint density at radius 3 is 2.11 bits per heavy atom. The first kappa shape index (κ1) is 14.2. The maximum atomic E-state index is 11.9. The highest BCUT2D eigenvalue weighted by molar-refractivity contribution is 6.02. The lowest BCUT2D eigenvalue weighted by Gasteiger charge is -2.27. The van der Waals surface area contributed by atoms with Crippen LogP contribution in [0, 0.1) is 5.41 Å². The number of carboxylic acids is 1. The number of hydrogen-bond donors (Lipinski definition) is 1. The van der Waals surface area contributed by atoms with Gasteiger partial charge in [0.05, 0.1) is 11.1 Å². The molecule has 1 rings (SSSR count). The van der Waals surface area contributed by atoms with Crippen LogP contribution < -0.4 is 0 Å². The van der Waals surface area contributed by atoms with E-state index >= 15 is 0 Å². The average molecular weight is 250 g/mol. The smallest absolute Gasteiger partial charge is 0.339 e. The number of carbonyl (C=O) groups excluding carboxylic acids is 1. The molecular formula is C14H18O4. The minimum absolute atomic E-state index is 0.0383. The maximum absolute atomic E-state index is 11.9. The minimum atomic E-state index is -1.13. The number of esters is 1. The Kier molecular flexibility index (Phi) is 4.11. The van der Waals surface area contributed by atoms with Crippen LogP contribution in [-0.4, -0.2) is 23.1 Å². The molecule has 0 heterocycles. The van der Waals surface area contributed by atoms with Gasteiger partial charge in [0.2, 0.25) is 0 Å². The SMILES string of the molecule is C[C@@H](OC(=O)c1ccccc1C(=O)O)C(C)(C)C. The van der Waals surface area contributed by atoms with Crippen LogP contribution in [0.25, 0.3) is 0 Å². The molecule has 98 valence electrons. The van der Waals surface area contributed by atoms with Gasteiger partial charge >= 0.3 is 11.9 Å². The van der Waals surface area contributed by atoms with Crippen molar-refractivity contribution in [3.05, 3.63) is 35.4 Å². The molecule has 0 radical (unpaired) electrons. The van der Waals surface area contributed by atoms with Crippen molar-refractivity contribution in [2.75, 3.05) is 0 Å². The highest BCUT2D eigenvalue weighted by Crippen LogP contribution is 2.23. The molecule has 1 atom stereocenters. The summed E-state index contributed by atoms with van der Waals surface area (Å²) in [5.74, 6) is -1.73. The highest BCUT2D eigenvalue weighted by Gasteiger charge is 2.26. The molecule has 0 aliphatic heterocycles. The second-order valence-corrected chi connectivity index (χ2v) is 5.26. The van der Waals surface area contributed by atoms with E-state index in [0.29, 0.717) is 0 Å². The average Bonchev–Trinajstić information content (AvgIpc) is 2.27. The fourth-order valence-electron chi connectivity index (χ4n) is 1.25. The maximum Gasteiger partial charge on any atom is 0.339 e. The van der Waals surface area contributed by atoms with E-state index in [2.05, 4.69) is 0 Å². The number of rotatable bonds is 3. The second kappa shape index (κ2) is 5.21. The fourth-order valence-corrected chi connectivity index (χ4v) is 1.25. The van der Waals surface area contributed by atoms with E-state index in [1.807, 2.05) is 20.8 Å². The van der Waals surface area contributed by atoms with Crippen molar-refractivity contribution in [1.29, 1.82) is 0 Å². The summed E-state index contributed by atoms with van der Waals surface area (Å²) in [5, 5.41) is 9.00. The summed E-state index contributed by atoms with van der Waals surface area (Å²) in [7, 11) is 0. The van der Waals surface area contributed by atoms with Crippen molar-refractivity contribution in [3.63, 3.8) is 0 Å². The van der Waals surface area contributed by atoms with E-state index in [1.54, 1.807) is 19.1 Å². The first-order chi connectivity index (χ1) is 8.23. The van der Waals surface area contributed by atoms with Gasteiger partial charge in [0.1, 0.15) is 6.10 Å². The van der Waals surface area contributed by atoms with Gasteiger partial charge in [-0.2, -0.15) is 0 Å². The van der Waals surface area contributed by atoms with Gasteiger partial charge in [0, 0.05) is 0 Å². The fraction of sp³-hybridized carbons (Fsp3) is 0.429. The number of benzene rings is 1. The summed E-state index contributed by atoms with van der Waals surface area (Å²) in [4.78, 5) is 22.9. The molecule has 0 unspecified atom stereocenters. The highest BCUT2D eigenvalue weighted by atomic mass is 16.5. The Morgan fingerprint density at radius 2 is 1.67 bits per heavy atom. The third kappa shape index (κ3) is 3.32. The lowest BCUT2D eigenvalue weighted by Crippen LogP contribution is -2.29. The number of carboxylic acid groups (broad SMARTS) is 1. The van der Waals surface area contributed by atoms with Crippen LogP contribution in [0.2, 0.25) is 0 Å². The van der Waals surface area contributed by atoms with E-state index in [-0.39, 0.29) is 22.6 Å². The molecule has 0 aromatic heterocycles. The number of carbonyl (C=O) groups is 2. The zero-order valence-electron chi connectivity index (χ0n) is 11.1. The topological polar surface area (TPSA) is 63.6 Å². The van der Waals surface area contributed by atoms with Crippen molar-refractivity contribution in [2.24, 2.45) is 5.41 Å². The minimum Gasteiger partial charge on any atom is -0.478 e. The molecule has 0 bridgehead atoms. The largest absolute Gasteiger partial charge is 0.478 e. The Bertz CT molecular complexity index is 457. The van der Waals surface area contributed by atoms with Gasteiger partial charge in [0.25, 0.3) is 0 Å². The first-order valence-electron chi connectivity index (χ1n) is 5.77. The van der Waals surface area contributed by atoms with Crippen molar-refractivity contribution in [2.45, 2.75) is 33.8 Å². The van der Waals surface area contributed by atoms with Crippen LogP contribution in [-0.2, 0) is 4.74 Å². The molecule has 0 saturated heterocycles. The summed E-state index contributed by atoms with van der Waals surface area (Å²) in [6.07, 6.45) is -0.299. The van der Waals surface area contributed by atoms with E-state index in [9.17, 15) is 9.59 Å². The first-order valence-corrected chi connectivity index (χ1v) is 5.77. The van der Waals surface area contributed by atoms with E-state index in [1.165, 1.54) is 12.1 Å². The molecule has 0 aliphatic carbocycles. The summed E-state index contributed by atoms with van der Waals surface area (Å²) in [6, 6.07) is 6.04. The Balaban J connectivity index is 2.95. The predicted molar refractivity (Wildman–Crippen MR) is 67.7 cm³/mol. The lowest BCUT2D eigenvalue weighted by atomic mass is 9.90. The molecule has 4 nitrogen and oxygen atoms in total. The van der Waals surface area contributed by atoms with Gasteiger partial charge in [-0.3, -0.25) is 0 Å². The Morgan fingerprint density at radius 1 is 1.17 bits per heavy atom. The zero-order valence-corrected chi connectivity index (χ0v) is 11.1. The van der Waals surface area contributed by atoms with Gasteiger partial charge in [-0.15, -0.1) is 0 Å². The van der Waals surface area contributed by atoms with E-state index < -0.39 is 11.9 Å². The van der Waals surface area contributed by atoms with Crippen LogP contribution in [0.1, 0.15) is 48.4 Å². The number of ether oxygens (including phenoxy) is 1. The molecule has 0 saturated carbocycles. The molecule has 18 heavy (non-hydrogen) atoms. The Hall–Kier alpha value is -1.84. The molecular weight excluding hydrogens is 232 g/mol. The predicted octanol–water partition coefficient (Wildman–Crippen LogP) is 2.98. The molecule has 1 N–H and O–H groups in total. The molecule has 0 fully saturated rings. The molecule has 1 aromatic carbocycles. The summed E-state index contributed by atoms with van der Waals surface area (Å²) in [6.45, 7) is 7.65. The van der Waals surface area contributed by atoms with Gasteiger partial charge in [-0.25, -0.2) is 9.59 Å². The molecule has 0 spiro atoms. The van der Waals surface area contributed by atoms with Gasteiger partial charge in [0.15, 0.2) is 0 Å². The van der Waals surface area contributed by atoms with Crippen LogP contribution in [0.3, 0.4) is 0 Å². The third-order valence-corrected chi connectivity index (χ3v) is 2.88. The monoisotopic (exact) mass is 250 g/mol. The number of hydrogen-bond acceptors (Lipinski definition) is 3. The van der Waals surface area contributed by atoms with Gasteiger partial charge in [-0.1, -0.05) is 32.9 Å². The van der Waals surface area contributed by atoms with Crippen molar-refractivity contribution in [1.82, 2.24) is 0 Å². The Labute approximate surface area is 107 Å². The van der Waals surface area contributed by atoms with E-state index in [0.717, 1.165) is 0 Å². The molecule has 0 amide bonds. The van der Waals surface area contributed by atoms with Crippen LogP contribution in [0.15, 0.2) is 24.3 Å². The summed E-state index contributed by atoms with van der Waals surface area (Å²) in [5.41, 5.74) is -0.141. The number of aromatic carboxylic acids is 1. The standard InChI is InChI=1S/C14H18O4/c1-9(14(2,3)4)18-13(17)11-8-6-5-7-10(11)12(15)16/h5-9H,1-4H3,(H,15,16)/t9-/m1/s1. The quantitative estimate of drug-likeness (QED) is 0.838. The zero-order chi connectivity index (χ0) is 13.9. The summed E-state index contributed by atoms with van der Waals surface area (Å²) >= 11 is 0.